The van der Waals surface area contributed by atoms with Gasteiger partial charge in [0.25, 0.3) is 0 Å². The number of nitrogens with zero attached hydrogens (tertiary/aromatic N) is 1. The van der Waals surface area contributed by atoms with Gasteiger partial charge in [-0.2, -0.15) is 5.26 Å². The Morgan fingerprint density at radius 1 is 1.13 bits per heavy atom. The zero-order chi connectivity index (χ0) is 10.3. The molecule has 0 spiro atoms. The van der Waals surface area contributed by atoms with Crippen LogP contribution in [0.15, 0.2) is 36.0 Å². The second-order valence-electron chi connectivity index (χ2n) is 3.56. The van der Waals surface area contributed by atoms with Crippen LogP contribution < -0.4 is 0 Å². The van der Waals surface area contributed by atoms with E-state index in [1.54, 1.807) is 0 Å². The van der Waals surface area contributed by atoms with Gasteiger partial charge >= 0.3 is 0 Å². The zero-order valence-electron chi connectivity index (χ0n) is 7.99. The summed E-state index contributed by atoms with van der Waals surface area (Å²) in [7, 11) is 0. The molecule has 0 saturated heterocycles. The van der Waals surface area contributed by atoms with Crippen molar-refractivity contribution in [1.82, 2.24) is 4.98 Å². The molecule has 1 aromatic heterocycles. The highest BCUT2D eigenvalue weighted by Crippen LogP contribution is 2.28. The molecule has 0 fully saturated rings. The third-order valence-electron chi connectivity index (χ3n) is 2.65. The quantitative estimate of drug-likeness (QED) is 0.684. The van der Waals surface area contributed by atoms with Crippen molar-refractivity contribution < 1.29 is 0 Å². The molecule has 1 N–H and O–H groups in total. The summed E-state index contributed by atoms with van der Waals surface area (Å²) in [6, 6.07) is 8.29. The molecule has 70 valence electrons. The molecule has 1 aromatic carbocycles. The Hall–Kier alpha value is -2.27. The van der Waals surface area contributed by atoms with Gasteiger partial charge in [-0.15, -0.1) is 0 Å². The van der Waals surface area contributed by atoms with Crippen LogP contribution in [0.4, 0.5) is 0 Å². The van der Waals surface area contributed by atoms with E-state index in [1.165, 1.54) is 5.39 Å². The van der Waals surface area contributed by atoms with E-state index in [1.807, 2.05) is 36.6 Å². The summed E-state index contributed by atoms with van der Waals surface area (Å²) in [6.45, 7) is 0. The van der Waals surface area contributed by atoms with Crippen LogP contribution in [0.3, 0.4) is 0 Å². The molecule has 0 saturated carbocycles. The van der Waals surface area contributed by atoms with Crippen LogP contribution in [-0.4, -0.2) is 4.98 Å². The summed E-state index contributed by atoms with van der Waals surface area (Å²) in [5, 5.41) is 10.1. The molecule has 15 heavy (non-hydrogen) atoms. The first-order valence-electron chi connectivity index (χ1n) is 4.78. The predicted molar refractivity (Wildman–Crippen MR) is 60.9 cm³/mol. The first-order valence-corrected chi connectivity index (χ1v) is 4.78. The van der Waals surface area contributed by atoms with Gasteiger partial charge in [0.05, 0.1) is 11.6 Å². The van der Waals surface area contributed by atoms with Crippen LogP contribution >= 0.6 is 0 Å². The van der Waals surface area contributed by atoms with E-state index in [0.29, 0.717) is 5.57 Å². The molecular formula is C13H8N2. The van der Waals surface area contributed by atoms with Crippen molar-refractivity contribution in [3.8, 4) is 6.07 Å². The molecular weight excluding hydrogens is 184 g/mol. The van der Waals surface area contributed by atoms with E-state index in [-0.39, 0.29) is 0 Å². The Balaban J connectivity index is 2.44. The van der Waals surface area contributed by atoms with Gasteiger partial charge < -0.3 is 4.98 Å². The number of nitriles is 1. The monoisotopic (exact) mass is 192 g/mol. The number of aromatic nitrogens is 1. The fraction of sp³-hybridized carbons (Fsp3) is 0. The highest BCUT2D eigenvalue weighted by atomic mass is 14.7. The number of H-pyrrole nitrogens is 1. The van der Waals surface area contributed by atoms with Crippen LogP contribution in [0.2, 0.25) is 0 Å². The molecule has 0 radical (unpaired) electrons. The van der Waals surface area contributed by atoms with Gasteiger partial charge in [-0.1, -0.05) is 18.2 Å². The van der Waals surface area contributed by atoms with Crippen molar-refractivity contribution in [2.45, 2.75) is 0 Å². The Morgan fingerprint density at radius 2 is 2.07 bits per heavy atom. The molecule has 1 aliphatic rings. The molecule has 0 unspecified atom stereocenters. The minimum Gasteiger partial charge on any atom is -0.361 e. The van der Waals surface area contributed by atoms with Crippen LogP contribution in [0.1, 0.15) is 11.1 Å². The van der Waals surface area contributed by atoms with Crippen molar-refractivity contribution in [1.29, 1.82) is 5.26 Å². The summed E-state index contributed by atoms with van der Waals surface area (Å²) in [6.07, 6.45) is 7.70. The van der Waals surface area contributed by atoms with Crippen molar-refractivity contribution >= 4 is 23.1 Å². The maximum Gasteiger partial charge on any atom is 0.0991 e. The van der Waals surface area contributed by atoms with Gasteiger partial charge in [0.2, 0.25) is 0 Å². The molecule has 1 aliphatic carbocycles. The predicted octanol–water partition coefficient (Wildman–Crippen LogP) is 3.10. The third kappa shape index (κ3) is 1.10. The summed E-state index contributed by atoms with van der Waals surface area (Å²) >= 11 is 0. The number of hydrogen-bond acceptors (Lipinski definition) is 1. The Bertz CT molecular complexity index is 636. The van der Waals surface area contributed by atoms with Crippen LogP contribution in [-0.2, 0) is 0 Å². The van der Waals surface area contributed by atoms with Gasteiger partial charge in [-0.3, -0.25) is 0 Å². The zero-order valence-corrected chi connectivity index (χ0v) is 7.99. The Morgan fingerprint density at radius 3 is 2.93 bits per heavy atom. The lowest BCUT2D eigenvalue weighted by Crippen LogP contribution is -1.74. The van der Waals surface area contributed by atoms with Gasteiger partial charge in [0, 0.05) is 22.7 Å². The minimum atomic E-state index is 0.687. The van der Waals surface area contributed by atoms with E-state index >= 15 is 0 Å². The molecule has 0 bridgehead atoms. The highest BCUT2D eigenvalue weighted by molar-refractivity contribution is 5.98. The fourth-order valence-corrected chi connectivity index (χ4v) is 1.96. The van der Waals surface area contributed by atoms with Crippen molar-refractivity contribution in [2.24, 2.45) is 0 Å². The third-order valence-corrected chi connectivity index (χ3v) is 2.65. The lowest BCUT2D eigenvalue weighted by Gasteiger charge is -1.96. The first-order chi connectivity index (χ1) is 7.38. The van der Waals surface area contributed by atoms with Crippen molar-refractivity contribution in [3.05, 3.63) is 47.2 Å². The molecule has 1 heterocycles. The summed E-state index contributed by atoms with van der Waals surface area (Å²) < 4.78 is 0. The topological polar surface area (TPSA) is 39.6 Å². The second kappa shape index (κ2) is 2.86. The largest absolute Gasteiger partial charge is 0.361 e. The van der Waals surface area contributed by atoms with Crippen molar-refractivity contribution in [2.75, 3.05) is 0 Å². The number of aromatic amines is 1. The lowest BCUT2D eigenvalue weighted by atomic mass is 10.1. The minimum absolute atomic E-state index is 0.687. The van der Waals surface area contributed by atoms with Crippen LogP contribution in [0.5, 0.6) is 0 Å². The van der Waals surface area contributed by atoms with E-state index in [0.717, 1.165) is 16.6 Å². The maximum atomic E-state index is 8.91. The first kappa shape index (κ1) is 8.07. The molecule has 2 nitrogen and oxygen atoms in total. The van der Waals surface area contributed by atoms with Crippen molar-refractivity contribution in [3.63, 3.8) is 0 Å². The number of nitrogens with one attached hydrogen (secondary N) is 1. The standard InChI is InChI=1S/C13H8N2/c14-7-9-4-5-10-2-1-3-12-13(10)11(6-9)8-15-12/h1-6,8,15H. The number of rotatable bonds is 0. The van der Waals surface area contributed by atoms with Gasteiger partial charge in [0.1, 0.15) is 0 Å². The van der Waals surface area contributed by atoms with E-state index < -0.39 is 0 Å². The normalized spacial score (nSPS) is 13.4. The highest BCUT2D eigenvalue weighted by Gasteiger charge is 2.08. The van der Waals surface area contributed by atoms with Gasteiger partial charge in [-0.05, 0) is 23.8 Å². The second-order valence-corrected chi connectivity index (χ2v) is 3.56. The van der Waals surface area contributed by atoms with E-state index in [9.17, 15) is 0 Å². The Kier molecular flexibility index (Phi) is 1.54. The smallest absolute Gasteiger partial charge is 0.0991 e. The maximum absolute atomic E-state index is 8.91. The number of hydrogen-bond donors (Lipinski definition) is 1. The number of benzene rings is 1. The average Bonchev–Trinajstić information content (AvgIpc) is 2.57. The SMILES string of the molecule is N#CC1=Cc2c[nH]c3cccc(c23)C=C1. The summed E-state index contributed by atoms with van der Waals surface area (Å²) in [4.78, 5) is 3.20. The summed E-state index contributed by atoms with van der Waals surface area (Å²) in [5.74, 6) is 0. The molecule has 2 heteroatoms. The van der Waals surface area contributed by atoms with Gasteiger partial charge in [-0.25, -0.2) is 0 Å². The summed E-state index contributed by atoms with van der Waals surface area (Å²) in [5.41, 5.74) is 4.04. The fourth-order valence-electron chi connectivity index (χ4n) is 1.96. The van der Waals surface area contributed by atoms with Crippen LogP contribution in [0, 0.1) is 11.3 Å². The average molecular weight is 192 g/mol. The van der Waals surface area contributed by atoms with E-state index in [2.05, 4.69) is 17.1 Å². The lowest BCUT2D eigenvalue weighted by molar-refractivity contribution is 1.46. The molecule has 3 rings (SSSR count). The molecule has 0 atom stereocenters. The Labute approximate surface area is 87.2 Å². The molecule has 0 amide bonds. The van der Waals surface area contributed by atoms with Crippen LogP contribution in [0.25, 0.3) is 23.1 Å². The molecule has 0 aliphatic heterocycles. The molecule has 2 aromatic rings. The van der Waals surface area contributed by atoms with Gasteiger partial charge in [0.15, 0.2) is 0 Å². The van der Waals surface area contributed by atoms with E-state index in [4.69, 9.17) is 5.26 Å². The number of allylic oxidation sites excluding steroid dienone is 2.